The first-order valence-electron chi connectivity index (χ1n) is 4.11. The quantitative estimate of drug-likeness (QED) is 0.728. The van der Waals surface area contributed by atoms with Gasteiger partial charge in [0.05, 0.1) is 7.11 Å². The van der Waals surface area contributed by atoms with Crippen LogP contribution in [0.2, 0.25) is 0 Å². The van der Waals surface area contributed by atoms with Crippen LogP contribution in [0, 0.1) is 0 Å². The molecule has 0 aliphatic rings. The third-order valence-electron chi connectivity index (χ3n) is 1.88. The first-order valence-corrected chi connectivity index (χ1v) is 4.11. The van der Waals surface area contributed by atoms with Crippen LogP contribution in [0.15, 0.2) is 18.2 Å². The van der Waals surface area contributed by atoms with E-state index in [1.807, 2.05) is 13.8 Å². The molecule has 72 valence electrons. The van der Waals surface area contributed by atoms with Gasteiger partial charge in [-0.3, -0.25) is 0 Å². The predicted octanol–water partition coefficient (Wildman–Crippen LogP) is 1.59. The van der Waals surface area contributed by atoms with Gasteiger partial charge < -0.3 is 15.6 Å². The highest BCUT2D eigenvalue weighted by atomic mass is 16.5. The van der Waals surface area contributed by atoms with Gasteiger partial charge >= 0.3 is 0 Å². The first-order chi connectivity index (χ1) is 5.95. The number of ether oxygens (including phenoxy) is 1. The van der Waals surface area contributed by atoms with Crippen molar-refractivity contribution in [3.8, 4) is 11.5 Å². The largest absolute Gasteiger partial charge is 0.508 e. The number of aromatic hydroxyl groups is 1. The Balaban J connectivity index is 3.22. The molecule has 0 aliphatic carbocycles. The second-order valence-electron chi connectivity index (χ2n) is 3.61. The lowest BCUT2D eigenvalue weighted by Gasteiger charge is -2.21. The van der Waals surface area contributed by atoms with Crippen molar-refractivity contribution in [2.45, 2.75) is 19.4 Å². The average Bonchev–Trinajstić information content (AvgIpc) is 2.01. The van der Waals surface area contributed by atoms with Gasteiger partial charge in [0.2, 0.25) is 0 Å². The topological polar surface area (TPSA) is 55.5 Å². The number of nitrogens with two attached hydrogens (primary N) is 1. The Kier molecular flexibility index (Phi) is 2.48. The van der Waals surface area contributed by atoms with Crippen molar-refractivity contribution in [2.24, 2.45) is 5.73 Å². The summed E-state index contributed by atoms with van der Waals surface area (Å²) in [5, 5.41) is 9.21. The summed E-state index contributed by atoms with van der Waals surface area (Å²) in [7, 11) is 1.56. The van der Waals surface area contributed by atoms with E-state index in [-0.39, 0.29) is 5.75 Å². The molecule has 0 fully saturated rings. The fraction of sp³-hybridized carbons (Fsp3) is 0.400. The zero-order valence-electron chi connectivity index (χ0n) is 8.16. The summed E-state index contributed by atoms with van der Waals surface area (Å²) in [4.78, 5) is 0. The molecule has 3 N–H and O–H groups in total. The van der Waals surface area contributed by atoms with Crippen molar-refractivity contribution < 1.29 is 9.84 Å². The summed E-state index contributed by atoms with van der Waals surface area (Å²) < 4.78 is 5.11. The van der Waals surface area contributed by atoms with Gasteiger partial charge in [-0.2, -0.15) is 0 Å². The third kappa shape index (κ3) is 2.12. The van der Waals surface area contributed by atoms with E-state index in [1.165, 1.54) is 0 Å². The molecule has 0 radical (unpaired) electrons. The molecule has 3 nitrogen and oxygen atoms in total. The molecule has 0 bridgehead atoms. The van der Waals surface area contributed by atoms with Crippen molar-refractivity contribution in [1.82, 2.24) is 0 Å². The van der Waals surface area contributed by atoms with Crippen molar-refractivity contribution in [2.75, 3.05) is 7.11 Å². The van der Waals surface area contributed by atoms with Crippen LogP contribution in [0.1, 0.15) is 19.4 Å². The van der Waals surface area contributed by atoms with Crippen LogP contribution in [0.3, 0.4) is 0 Å². The van der Waals surface area contributed by atoms with E-state index in [1.54, 1.807) is 25.3 Å². The van der Waals surface area contributed by atoms with E-state index in [4.69, 9.17) is 10.5 Å². The summed E-state index contributed by atoms with van der Waals surface area (Å²) in [6.07, 6.45) is 0. The number of rotatable bonds is 2. The molecule has 0 aromatic heterocycles. The second-order valence-corrected chi connectivity index (χ2v) is 3.61. The maximum Gasteiger partial charge on any atom is 0.127 e. The van der Waals surface area contributed by atoms with Gasteiger partial charge in [0.25, 0.3) is 0 Å². The third-order valence-corrected chi connectivity index (χ3v) is 1.88. The summed E-state index contributed by atoms with van der Waals surface area (Å²) in [6, 6.07) is 4.94. The maximum atomic E-state index is 9.21. The summed E-state index contributed by atoms with van der Waals surface area (Å²) in [5.41, 5.74) is 6.34. The molecule has 3 heteroatoms. The van der Waals surface area contributed by atoms with Crippen molar-refractivity contribution in [1.29, 1.82) is 0 Å². The lowest BCUT2D eigenvalue weighted by Crippen LogP contribution is -2.29. The highest BCUT2D eigenvalue weighted by Gasteiger charge is 2.19. The Hall–Kier alpha value is -1.22. The van der Waals surface area contributed by atoms with Crippen molar-refractivity contribution in [3.63, 3.8) is 0 Å². The van der Waals surface area contributed by atoms with Crippen LogP contribution in [-0.2, 0) is 5.54 Å². The Morgan fingerprint density at radius 3 is 2.46 bits per heavy atom. The number of benzene rings is 1. The van der Waals surface area contributed by atoms with Crippen LogP contribution < -0.4 is 10.5 Å². The SMILES string of the molecule is COc1cc(O)ccc1C(C)(C)N. The summed E-state index contributed by atoms with van der Waals surface area (Å²) in [6.45, 7) is 3.78. The molecule has 0 unspecified atom stereocenters. The average molecular weight is 181 g/mol. The molecule has 1 aromatic carbocycles. The van der Waals surface area contributed by atoms with Crippen molar-refractivity contribution >= 4 is 0 Å². The van der Waals surface area contributed by atoms with Crippen molar-refractivity contribution in [3.05, 3.63) is 23.8 Å². The summed E-state index contributed by atoms with van der Waals surface area (Å²) in [5.74, 6) is 0.803. The monoisotopic (exact) mass is 181 g/mol. The molecule has 13 heavy (non-hydrogen) atoms. The zero-order chi connectivity index (χ0) is 10.1. The van der Waals surface area contributed by atoms with Crippen LogP contribution in [0.5, 0.6) is 11.5 Å². The molecule has 0 saturated carbocycles. The number of phenols is 1. The second kappa shape index (κ2) is 3.26. The number of hydrogen-bond donors (Lipinski definition) is 2. The Bertz CT molecular complexity index is 302. The highest BCUT2D eigenvalue weighted by Crippen LogP contribution is 2.30. The van der Waals surface area contributed by atoms with E-state index in [2.05, 4.69) is 0 Å². The Labute approximate surface area is 78.1 Å². The van der Waals surface area contributed by atoms with Gasteiger partial charge in [0.1, 0.15) is 11.5 Å². The molecule has 0 heterocycles. The normalized spacial score (nSPS) is 11.4. The number of hydrogen-bond acceptors (Lipinski definition) is 3. The number of phenolic OH excluding ortho intramolecular Hbond substituents is 1. The molecule has 1 rings (SSSR count). The zero-order valence-corrected chi connectivity index (χ0v) is 8.16. The molecule has 0 amide bonds. The van der Waals surface area contributed by atoms with E-state index < -0.39 is 5.54 Å². The van der Waals surface area contributed by atoms with E-state index in [0.717, 1.165) is 5.56 Å². The van der Waals surface area contributed by atoms with Crippen LogP contribution in [-0.4, -0.2) is 12.2 Å². The molecular formula is C10H15NO2. The first kappa shape index (κ1) is 9.86. The minimum absolute atomic E-state index is 0.185. The fourth-order valence-corrected chi connectivity index (χ4v) is 1.21. The van der Waals surface area contributed by atoms with Crippen LogP contribution in [0.25, 0.3) is 0 Å². The molecule has 0 spiro atoms. The van der Waals surface area contributed by atoms with Gasteiger partial charge in [-0.05, 0) is 26.0 Å². The van der Waals surface area contributed by atoms with Crippen LogP contribution >= 0.6 is 0 Å². The van der Waals surface area contributed by atoms with Crippen LogP contribution in [0.4, 0.5) is 0 Å². The van der Waals surface area contributed by atoms with Gasteiger partial charge in [0.15, 0.2) is 0 Å². The molecule has 0 saturated heterocycles. The minimum Gasteiger partial charge on any atom is -0.508 e. The molecule has 0 aliphatic heterocycles. The van der Waals surface area contributed by atoms with E-state index in [0.29, 0.717) is 5.75 Å². The molecular weight excluding hydrogens is 166 g/mol. The Morgan fingerprint density at radius 2 is 2.00 bits per heavy atom. The number of methoxy groups -OCH3 is 1. The van der Waals surface area contributed by atoms with Gasteiger partial charge in [0, 0.05) is 17.2 Å². The van der Waals surface area contributed by atoms with E-state index >= 15 is 0 Å². The van der Waals surface area contributed by atoms with Gasteiger partial charge in [-0.1, -0.05) is 0 Å². The standard InChI is InChI=1S/C10H15NO2/c1-10(2,11)8-5-4-7(12)6-9(8)13-3/h4-6,12H,11H2,1-3H3. The molecule has 0 atom stereocenters. The maximum absolute atomic E-state index is 9.21. The lowest BCUT2D eigenvalue weighted by molar-refractivity contribution is 0.388. The van der Waals surface area contributed by atoms with Gasteiger partial charge in [-0.15, -0.1) is 0 Å². The van der Waals surface area contributed by atoms with Gasteiger partial charge in [-0.25, -0.2) is 0 Å². The summed E-state index contributed by atoms with van der Waals surface area (Å²) >= 11 is 0. The highest BCUT2D eigenvalue weighted by molar-refractivity contribution is 5.43. The smallest absolute Gasteiger partial charge is 0.127 e. The lowest BCUT2D eigenvalue weighted by atomic mass is 9.94. The minimum atomic E-state index is -0.459. The Morgan fingerprint density at radius 1 is 1.38 bits per heavy atom. The molecule has 1 aromatic rings. The predicted molar refractivity (Wildman–Crippen MR) is 51.9 cm³/mol. The fourth-order valence-electron chi connectivity index (χ4n) is 1.21. The van der Waals surface area contributed by atoms with E-state index in [9.17, 15) is 5.11 Å².